The number of nitrogens with one attached hydrogen (secondary N) is 2. The second kappa shape index (κ2) is 4.35. The van der Waals surface area contributed by atoms with Crippen LogP contribution in [-0.4, -0.2) is 18.3 Å². The molecule has 2 rings (SSSR count). The molecule has 0 saturated carbocycles. The number of nitrogens with two attached hydrogens (primary N) is 1. The van der Waals surface area contributed by atoms with Crippen molar-refractivity contribution in [3.05, 3.63) is 35.4 Å². The summed E-state index contributed by atoms with van der Waals surface area (Å²) in [7, 11) is 0. The summed E-state index contributed by atoms with van der Waals surface area (Å²) in [6, 6.07) is 7.53. The van der Waals surface area contributed by atoms with Crippen molar-refractivity contribution < 1.29 is 4.79 Å². The van der Waals surface area contributed by atoms with Crippen LogP contribution in [0.3, 0.4) is 0 Å². The Hall–Kier alpha value is -1.84. The molecule has 0 aromatic heterocycles. The Morgan fingerprint density at radius 3 is 3.00 bits per heavy atom. The average molecular weight is 217 g/mol. The third-order valence-corrected chi connectivity index (χ3v) is 2.88. The minimum atomic E-state index is 0.0673. The van der Waals surface area contributed by atoms with Crippen molar-refractivity contribution in [3.63, 3.8) is 0 Å². The minimum absolute atomic E-state index is 0.0673. The van der Waals surface area contributed by atoms with E-state index in [2.05, 4.69) is 5.32 Å². The third kappa shape index (κ3) is 2.21. The molecule has 84 valence electrons. The van der Waals surface area contributed by atoms with Crippen LogP contribution in [0.2, 0.25) is 0 Å². The van der Waals surface area contributed by atoms with Gasteiger partial charge in [0.05, 0.1) is 0 Å². The van der Waals surface area contributed by atoms with Gasteiger partial charge in [-0.2, -0.15) is 0 Å². The zero-order chi connectivity index (χ0) is 11.5. The van der Waals surface area contributed by atoms with Gasteiger partial charge >= 0.3 is 0 Å². The Morgan fingerprint density at radius 1 is 1.56 bits per heavy atom. The first-order chi connectivity index (χ1) is 7.66. The highest BCUT2D eigenvalue weighted by atomic mass is 16.2. The summed E-state index contributed by atoms with van der Waals surface area (Å²) in [5.41, 5.74) is 7.21. The van der Waals surface area contributed by atoms with Crippen molar-refractivity contribution in [2.45, 2.75) is 12.8 Å². The van der Waals surface area contributed by atoms with Gasteiger partial charge in [0.25, 0.3) is 0 Å². The van der Waals surface area contributed by atoms with Crippen LogP contribution in [0.15, 0.2) is 24.3 Å². The average Bonchev–Trinajstić information content (AvgIpc) is 2.65. The minimum Gasteiger partial charge on any atom is -0.384 e. The maximum absolute atomic E-state index is 11.4. The molecular weight excluding hydrogens is 202 g/mol. The summed E-state index contributed by atoms with van der Waals surface area (Å²) >= 11 is 0. The van der Waals surface area contributed by atoms with E-state index in [1.807, 2.05) is 18.2 Å². The molecular formula is C12H15N3O. The summed E-state index contributed by atoms with van der Waals surface area (Å²) in [6.45, 7) is 0.774. The Morgan fingerprint density at radius 2 is 2.38 bits per heavy atom. The van der Waals surface area contributed by atoms with E-state index < -0.39 is 0 Å². The second-order valence-corrected chi connectivity index (χ2v) is 4.09. The number of rotatable bonds is 3. The van der Waals surface area contributed by atoms with Gasteiger partial charge in [-0.05, 0) is 24.5 Å². The number of hydrogen-bond donors (Lipinski definition) is 3. The van der Waals surface area contributed by atoms with Crippen LogP contribution in [0.5, 0.6) is 0 Å². The van der Waals surface area contributed by atoms with E-state index in [9.17, 15) is 4.79 Å². The van der Waals surface area contributed by atoms with E-state index in [1.54, 1.807) is 6.07 Å². The van der Waals surface area contributed by atoms with Crippen LogP contribution in [0.25, 0.3) is 0 Å². The van der Waals surface area contributed by atoms with Gasteiger partial charge in [0.1, 0.15) is 5.84 Å². The fourth-order valence-corrected chi connectivity index (χ4v) is 1.99. The van der Waals surface area contributed by atoms with Crippen molar-refractivity contribution in [2.24, 2.45) is 11.7 Å². The lowest BCUT2D eigenvalue weighted by molar-refractivity contribution is -0.122. The Bertz CT molecular complexity index is 428. The number of hydrogen-bond acceptors (Lipinski definition) is 2. The molecule has 1 heterocycles. The maximum Gasteiger partial charge on any atom is 0.223 e. The molecule has 16 heavy (non-hydrogen) atoms. The SMILES string of the molecule is N=C(N)c1cccc(CC2CCNC2=O)c1. The van der Waals surface area contributed by atoms with Crippen molar-refractivity contribution in [1.82, 2.24) is 5.32 Å². The third-order valence-electron chi connectivity index (χ3n) is 2.88. The van der Waals surface area contributed by atoms with Gasteiger partial charge in [-0.3, -0.25) is 10.2 Å². The lowest BCUT2D eigenvalue weighted by atomic mass is 9.97. The normalized spacial score (nSPS) is 19.5. The molecule has 0 bridgehead atoms. The highest BCUT2D eigenvalue weighted by Gasteiger charge is 2.23. The summed E-state index contributed by atoms with van der Waals surface area (Å²) in [4.78, 5) is 11.4. The van der Waals surface area contributed by atoms with Gasteiger partial charge in [-0.25, -0.2) is 0 Å². The molecule has 1 aromatic carbocycles. The van der Waals surface area contributed by atoms with E-state index in [4.69, 9.17) is 11.1 Å². The largest absolute Gasteiger partial charge is 0.384 e. The predicted octanol–water partition coefficient (Wildman–Crippen LogP) is 0.649. The van der Waals surface area contributed by atoms with Gasteiger partial charge in [0.15, 0.2) is 0 Å². The fourth-order valence-electron chi connectivity index (χ4n) is 1.99. The fraction of sp³-hybridized carbons (Fsp3) is 0.333. The molecule has 1 fully saturated rings. The molecule has 0 spiro atoms. The van der Waals surface area contributed by atoms with Crippen molar-refractivity contribution in [1.29, 1.82) is 5.41 Å². The molecule has 1 aromatic rings. The van der Waals surface area contributed by atoms with Gasteiger partial charge < -0.3 is 11.1 Å². The van der Waals surface area contributed by atoms with Crippen molar-refractivity contribution >= 4 is 11.7 Å². The summed E-state index contributed by atoms with van der Waals surface area (Å²) in [6.07, 6.45) is 1.62. The predicted molar refractivity (Wildman–Crippen MR) is 62.3 cm³/mol. The van der Waals surface area contributed by atoms with Crippen molar-refractivity contribution in [3.8, 4) is 0 Å². The van der Waals surface area contributed by atoms with Crippen LogP contribution in [0.1, 0.15) is 17.5 Å². The number of carbonyl (C=O) groups excluding carboxylic acids is 1. The van der Waals surface area contributed by atoms with E-state index in [0.29, 0.717) is 0 Å². The topological polar surface area (TPSA) is 79.0 Å². The molecule has 4 heteroatoms. The number of benzene rings is 1. The molecule has 4 nitrogen and oxygen atoms in total. The maximum atomic E-state index is 11.4. The van der Waals surface area contributed by atoms with E-state index >= 15 is 0 Å². The highest BCUT2D eigenvalue weighted by Crippen LogP contribution is 2.17. The van der Waals surface area contributed by atoms with Crippen LogP contribution < -0.4 is 11.1 Å². The van der Waals surface area contributed by atoms with E-state index in [1.165, 1.54) is 0 Å². The summed E-state index contributed by atoms with van der Waals surface area (Å²) in [5.74, 6) is 0.271. The van der Waals surface area contributed by atoms with Crippen LogP contribution in [0, 0.1) is 11.3 Å². The molecule has 0 aliphatic carbocycles. The number of nitrogen functional groups attached to an aromatic ring is 1. The molecule has 1 atom stereocenters. The number of amidine groups is 1. The van der Waals surface area contributed by atoms with Crippen LogP contribution >= 0.6 is 0 Å². The molecule has 1 aliphatic heterocycles. The molecule has 1 saturated heterocycles. The molecule has 4 N–H and O–H groups in total. The number of carbonyl (C=O) groups is 1. The standard InChI is InChI=1S/C12H15N3O/c13-11(14)9-3-1-2-8(6-9)7-10-4-5-15-12(10)16/h1-3,6,10H,4-5,7H2,(H3,13,14)(H,15,16). The lowest BCUT2D eigenvalue weighted by Gasteiger charge is -2.08. The Balaban J connectivity index is 2.12. The number of amides is 1. The first-order valence-electron chi connectivity index (χ1n) is 5.38. The molecule has 1 unspecified atom stereocenters. The summed E-state index contributed by atoms with van der Waals surface area (Å²) < 4.78 is 0. The molecule has 1 amide bonds. The van der Waals surface area contributed by atoms with Crippen molar-refractivity contribution in [2.75, 3.05) is 6.54 Å². The quantitative estimate of drug-likeness (QED) is 0.513. The summed E-state index contributed by atoms with van der Waals surface area (Å²) in [5, 5.41) is 10.2. The second-order valence-electron chi connectivity index (χ2n) is 4.09. The van der Waals surface area contributed by atoms with Crippen LogP contribution in [0.4, 0.5) is 0 Å². The van der Waals surface area contributed by atoms with Gasteiger partial charge in [0, 0.05) is 18.0 Å². The van der Waals surface area contributed by atoms with Gasteiger partial charge in [0.2, 0.25) is 5.91 Å². The first kappa shape index (κ1) is 10.7. The Labute approximate surface area is 94.4 Å². The lowest BCUT2D eigenvalue weighted by Crippen LogP contribution is -2.20. The van der Waals surface area contributed by atoms with Gasteiger partial charge in [-0.15, -0.1) is 0 Å². The van der Waals surface area contributed by atoms with Crippen LogP contribution in [-0.2, 0) is 11.2 Å². The van der Waals surface area contributed by atoms with Gasteiger partial charge in [-0.1, -0.05) is 18.2 Å². The Kier molecular flexibility index (Phi) is 2.90. The first-order valence-corrected chi connectivity index (χ1v) is 5.38. The monoisotopic (exact) mass is 217 g/mol. The van der Waals surface area contributed by atoms with E-state index in [0.717, 1.165) is 30.5 Å². The zero-order valence-corrected chi connectivity index (χ0v) is 8.99. The molecule has 0 radical (unpaired) electrons. The molecule has 1 aliphatic rings. The highest BCUT2D eigenvalue weighted by molar-refractivity contribution is 5.95. The zero-order valence-electron chi connectivity index (χ0n) is 8.99. The smallest absolute Gasteiger partial charge is 0.223 e. The van der Waals surface area contributed by atoms with E-state index in [-0.39, 0.29) is 17.7 Å².